The van der Waals surface area contributed by atoms with Crippen LogP contribution in [0.5, 0.6) is 0 Å². The second kappa shape index (κ2) is 5.28. The Kier molecular flexibility index (Phi) is 3.92. The average molecular weight is 268 g/mol. The van der Waals surface area contributed by atoms with Crippen molar-refractivity contribution in [1.82, 2.24) is 4.31 Å². The molecule has 2 rings (SSSR count). The van der Waals surface area contributed by atoms with Gasteiger partial charge in [-0.2, -0.15) is 4.31 Å². The third-order valence-corrected chi connectivity index (χ3v) is 5.55. The number of hydrogen-bond donors (Lipinski definition) is 1. The van der Waals surface area contributed by atoms with E-state index in [1.165, 1.54) is 0 Å². The molecule has 18 heavy (non-hydrogen) atoms. The van der Waals surface area contributed by atoms with Crippen molar-refractivity contribution in [2.75, 3.05) is 18.8 Å². The lowest BCUT2D eigenvalue weighted by Crippen LogP contribution is -2.32. The van der Waals surface area contributed by atoms with Crippen LogP contribution in [0.2, 0.25) is 0 Å². The van der Waals surface area contributed by atoms with E-state index in [-0.39, 0.29) is 0 Å². The van der Waals surface area contributed by atoms with E-state index in [9.17, 15) is 8.42 Å². The molecule has 0 spiro atoms. The Morgan fingerprint density at radius 3 is 2.33 bits per heavy atom. The van der Waals surface area contributed by atoms with Crippen LogP contribution >= 0.6 is 0 Å². The number of anilines is 1. The van der Waals surface area contributed by atoms with Gasteiger partial charge in [0.2, 0.25) is 10.0 Å². The van der Waals surface area contributed by atoms with Gasteiger partial charge in [0, 0.05) is 18.8 Å². The molecule has 0 aliphatic carbocycles. The molecule has 100 valence electrons. The first-order valence-corrected chi connectivity index (χ1v) is 7.83. The number of benzene rings is 1. The highest BCUT2D eigenvalue weighted by Crippen LogP contribution is 2.25. The number of rotatable bonds is 2. The van der Waals surface area contributed by atoms with Crippen LogP contribution in [0.25, 0.3) is 0 Å². The summed E-state index contributed by atoms with van der Waals surface area (Å²) < 4.78 is 26.8. The first-order valence-electron chi connectivity index (χ1n) is 6.39. The van der Waals surface area contributed by atoms with Crippen LogP contribution in [0.15, 0.2) is 23.1 Å². The van der Waals surface area contributed by atoms with E-state index in [0.717, 1.165) is 25.7 Å². The van der Waals surface area contributed by atoms with Gasteiger partial charge in [-0.1, -0.05) is 18.9 Å². The van der Waals surface area contributed by atoms with Gasteiger partial charge in [0.15, 0.2) is 0 Å². The smallest absolute Gasteiger partial charge is 0.243 e. The first-order chi connectivity index (χ1) is 8.53. The molecule has 4 nitrogen and oxygen atoms in total. The SMILES string of the molecule is Cc1c(N)cccc1S(=O)(=O)N1CCCCCC1. The summed E-state index contributed by atoms with van der Waals surface area (Å²) in [6.45, 7) is 3.01. The van der Waals surface area contributed by atoms with Gasteiger partial charge in [-0.25, -0.2) is 8.42 Å². The third-order valence-electron chi connectivity index (χ3n) is 3.51. The molecule has 0 radical (unpaired) electrons. The Balaban J connectivity index is 2.38. The molecule has 5 heteroatoms. The molecule has 0 unspecified atom stereocenters. The summed E-state index contributed by atoms with van der Waals surface area (Å²) in [6, 6.07) is 5.08. The predicted octanol–water partition coefficient (Wildman–Crippen LogP) is 2.14. The largest absolute Gasteiger partial charge is 0.398 e. The van der Waals surface area contributed by atoms with Gasteiger partial charge in [0.05, 0.1) is 4.90 Å². The van der Waals surface area contributed by atoms with Crippen LogP contribution in [0, 0.1) is 6.92 Å². The second-order valence-electron chi connectivity index (χ2n) is 4.79. The molecule has 1 heterocycles. The van der Waals surface area contributed by atoms with Crippen LogP contribution in [0.1, 0.15) is 31.2 Å². The zero-order valence-corrected chi connectivity index (χ0v) is 11.5. The molecule has 0 amide bonds. The Morgan fingerprint density at radius 2 is 1.72 bits per heavy atom. The van der Waals surface area contributed by atoms with Crippen molar-refractivity contribution in [2.24, 2.45) is 0 Å². The molecule has 0 saturated carbocycles. The van der Waals surface area contributed by atoms with Crippen molar-refractivity contribution in [3.05, 3.63) is 23.8 Å². The Hall–Kier alpha value is -1.07. The van der Waals surface area contributed by atoms with Gasteiger partial charge in [-0.05, 0) is 37.5 Å². The van der Waals surface area contributed by atoms with Gasteiger partial charge in [0.1, 0.15) is 0 Å². The summed E-state index contributed by atoms with van der Waals surface area (Å²) >= 11 is 0. The maximum Gasteiger partial charge on any atom is 0.243 e. The van der Waals surface area contributed by atoms with Crippen molar-refractivity contribution in [1.29, 1.82) is 0 Å². The highest BCUT2D eigenvalue weighted by Gasteiger charge is 2.26. The molecule has 1 aliphatic rings. The number of nitrogens with zero attached hydrogens (tertiary/aromatic N) is 1. The molecule has 0 aromatic heterocycles. The van der Waals surface area contributed by atoms with Crippen LogP contribution in [0.4, 0.5) is 5.69 Å². The quantitative estimate of drug-likeness (QED) is 0.836. The number of nitrogens with two attached hydrogens (primary N) is 1. The first kappa shape index (κ1) is 13.4. The van der Waals surface area contributed by atoms with Crippen molar-refractivity contribution in [3.63, 3.8) is 0 Å². The summed E-state index contributed by atoms with van der Waals surface area (Å²) in [4.78, 5) is 0.351. The fourth-order valence-electron chi connectivity index (χ4n) is 2.33. The third kappa shape index (κ3) is 2.52. The zero-order chi connectivity index (χ0) is 13.2. The van der Waals surface area contributed by atoms with E-state index in [1.54, 1.807) is 29.4 Å². The van der Waals surface area contributed by atoms with E-state index in [0.29, 0.717) is 29.2 Å². The molecule has 1 aliphatic heterocycles. The lowest BCUT2D eigenvalue weighted by molar-refractivity contribution is 0.423. The summed E-state index contributed by atoms with van der Waals surface area (Å²) in [5.74, 6) is 0. The summed E-state index contributed by atoms with van der Waals surface area (Å²) in [5, 5.41) is 0. The van der Waals surface area contributed by atoms with Crippen molar-refractivity contribution >= 4 is 15.7 Å². The second-order valence-corrected chi connectivity index (χ2v) is 6.70. The van der Waals surface area contributed by atoms with E-state index < -0.39 is 10.0 Å². The normalized spacial score (nSPS) is 18.5. The molecule has 0 atom stereocenters. The minimum Gasteiger partial charge on any atom is -0.398 e. The van der Waals surface area contributed by atoms with Crippen LogP contribution in [-0.2, 0) is 10.0 Å². The number of hydrogen-bond acceptors (Lipinski definition) is 3. The zero-order valence-electron chi connectivity index (χ0n) is 10.7. The van der Waals surface area contributed by atoms with Crippen LogP contribution in [0.3, 0.4) is 0 Å². The van der Waals surface area contributed by atoms with Crippen LogP contribution in [-0.4, -0.2) is 25.8 Å². The maximum atomic E-state index is 12.6. The minimum absolute atomic E-state index is 0.351. The monoisotopic (exact) mass is 268 g/mol. The average Bonchev–Trinajstić information content (AvgIpc) is 2.61. The maximum absolute atomic E-state index is 12.6. The predicted molar refractivity (Wildman–Crippen MR) is 72.8 cm³/mol. The minimum atomic E-state index is -3.39. The molecule has 1 aromatic rings. The molecular formula is C13H20N2O2S. The van der Waals surface area contributed by atoms with Gasteiger partial charge in [-0.3, -0.25) is 0 Å². The van der Waals surface area contributed by atoms with E-state index in [2.05, 4.69) is 0 Å². The standard InChI is InChI=1S/C13H20N2O2S/c1-11-12(14)7-6-8-13(11)18(16,17)15-9-4-2-3-5-10-15/h6-8H,2-5,9-10,14H2,1H3. The van der Waals surface area contributed by atoms with Crippen LogP contribution < -0.4 is 5.73 Å². The van der Waals surface area contributed by atoms with Crippen molar-refractivity contribution < 1.29 is 8.42 Å². The topological polar surface area (TPSA) is 63.4 Å². The highest BCUT2D eigenvalue weighted by atomic mass is 32.2. The van der Waals surface area contributed by atoms with Crippen molar-refractivity contribution in [2.45, 2.75) is 37.5 Å². The highest BCUT2D eigenvalue weighted by molar-refractivity contribution is 7.89. The Labute approximate surface area is 109 Å². The van der Waals surface area contributed by atoms with Gasteiger partial charge >= 0.3 is 0 Å². The fourth-order valence-corrected chi connectivity index (χ4v) is 4.10. The van der Waals surface area contributed by atoms with E-state index in [1.807, 2.05) is 0 Å². The van der Waals surface area contributed by atoms with Gasteiger partial charge in [-0.15, -0.1) is 0 Å². The van der Waals surface area contributed by atoms with E-state index in [4.69, 9.17) is 5.73 Å². The summed E-state index contributed by atoms with van der Waals surface area (Å²) in [7, 11) is -3.39. The molecule has 1 saturated heterocycles. The van der Waals surface area contributed by atoms with Gasteiger partial charge in [0.25, 0.3) is 0 Å². The molecule has 2 N–H and O–H groups in total. The molecule has 0 bridgehead atoms. The molecule has 1 aromatic carbocycles. The van der Waals surface area contributed by atoms with Gasteiger partial charge < -0.3 is 5.73 Å². The van der Waals surface area contributed by atoms with Crippen molar-refractivity contribution in [3.8, 4) is 0 Å². The lowest BCUT2D eigenvalue weighted by atomic mass is 10.2. The van der Waals surface area contributed by atoms with E-state index >= 15 is 0 Å². The number of nitrogen functional groups attached to an aromatic ring is 1. The Bertz CT molecular complexity index is 518. The Morgan fingerprint density at radius 1 is 1.11 bits per heavy atom. The number of sulfonamides is 1. The lowest BCUT2D eigenvalue weighted by Gasteiger charge is -2.21. The summed E-state index contributed by atoms with van der Waals surface area (Å²) in [5.41, 5.74) is 6.98. The molecule has 1 fully saturated rings. The molecular weight excluding hydrogens is 248 g/mol. The summed E-state index contributed by atoms with van der Waals surface area (Å²) in [6.07, 6.45) is 4.12. The fraction of sp³-hybridized carbons (Fsp3) is 0.538.